The Balaban J connectivity index is 0.000000189. The van der Waals surface area contributed by atoms with Crippen LogP contribution in [-0.2, 0) is 26.2 Å². The van der Waals surface area contributed by atoms with Gasteiger partial charge in [0.1, 0.15) is 0 Å². The van der Waals surface area contributed by atoms with Gasteiger partial charge < -0.3 is 15.9 Å². The van der Waals surface area contributed by atoms with Crippen LogP contribution < -0.4 is 5.73 Å². The molecule has 6 nitrogen and oxygen atoms in total. The molecule has 4 N–H and O–H groups in total. The number of hydrogen-bond acceptors (Lipinski definition) is 4. The summed E-state index contributed by atoms with van der Waals surface area (Å²) >= 11 is 0. The highest BCUT2D eigenvalue weighted by Crippen LogP contribution is 2.75. The third-order valence-electron chi connectivity index (χ3n) is 19.7. The van der Waals surface area contributed by atoms with E-state index in [0.717, 1.165) is 77.0 Å². The number of fused-ring (bicyclic) bond motifs is 10. The first-order chi connectivity index (χ1) is 25.8. The molecule has 7 aliphatic rings. The summed E-state index contributed by atoms with van der Waals surface area (Å²) in [6.45, 7) is 24.8. The van der Waals surface area contributed by atoms with Crippen molar-refractivity contribution in [1.29, 1.82) is 0 Å². The number of aliphatic hydroxyl groups excluding tert-OH is 1. The Kier molecular flexibility index (Phi) is 9.88. The van der Waals surface area contributed by atoms with Gasteiger partial charge in [-0.25, -0.2) is 0 Å². The lowest BCUT2D eigenvalue weighted by Crippen LogP contribution is -2.66. The zero-order valence-corrected chi connectivity index (χ0v) is 36.9. The molecule has 310 valence electrons. The fourth-order valence-corrected chi connectivity index (χ4v) is 15.5. The number of carbonyl (C=O) groups excluding carboxylic acids is 2. The fraction of sp³-hybridized carbons (Fsp3) is 0.780. The molecule has 1 aromatic carbocycles. The van der Waals surface area contributed by atoms with E-state index in [9.17, 15) is 24.6 Å². The van der Waals surface area contributed by atoms with Gasteiger partial charge in [-0.15, -0.1) is 0 Å². The lowest BCUT2D eigenvalue weighted by atomic mass is 9.33. The highest BCUT2D eigenvalue weighted by molar-refractivity contribution is 5.95. The van der Waals surface area contributed by atoms with Crippen LogP contribution in [0.15, 0.2) is 29.8 Å². The van der Waals surface area contributed by atoms with Gasteiger partial charge in [0.15, 0.2) is 5.78 Å². The average molecular weight is 770 g/mol. The van der Waals surface area contributed by atoms with Crippen molar-refractivity contribution in [2.45, 2.75) is 183 Å². The van der Waals surface area contributed by atoms with Crippen molar-refractivity contribution < 1.29 is 24.6 Å². The maximum atomic E-state index is 14.2. The van der Waals surface area contributed by atoms with E-state index in [2.05, 4.69) is 87.4 Å². The van der Waals surface area contributed by atoms with E-state index in [-0.39, 0.29) is 67.5 Å². The standard InChI is InChI=1S/C30H46O4.C20H29NO/c1-25(2)21-8-11-30(7)23(28(21,5)10-9-22(25)32)20(31)16-18-19-17-27(4,24(33)34)13-12-26(19,3)14-15-29(18,30)6;1-13(2)14-6-8-16-15(12-14)7-9-17-19(16,3)10-5-11-20(17,4)18(21)22/h16,19,21-23,32H,8-15,17H2,1-7H3,(H,33,34);6,8,12-13,17H,5,7,9-11H2,1-4H3,(H2,21,22). The molecule has 0 bridgehead atoms. The monoisotopic (exact) mass is 770 g/mol. The van der Waals surface area contributed by atoms with Crippen LogP contribution >= 0.6 is 0 Å². The maximum absolute atomic E-state index is 14.2. The first-order valence-corrected chi connectivity index (χ1v) is 22.4. The van der Waals surface area contributed by atoms with E-state index in [0.29, 0.717) is 24.2 Å². The van der Waals surface area contributed by atoms with Gasteiger partial charge in [-0.3, -0.25) is 14.4 Å². The first-order valence-electron chi connectivity index (χ1n) is 22.4. The first kappa shape index (κ1) is 41.7. The maximum Gasteiger partial charge on any atom is 0.309 e. The van der Waals surface area contributed by atoms with Gasteiger partial charge in [0, 0.05) is 11.3 Å². The molecule has 8 rings (SSSR count). The molecule has 0 aliphatic heterocycles. The number of primary amides is 1. The highest BCUT2D eigenvalue weighted by atomic mass is 16.4. The molecule has 0 radical (unpaired) electrons. The Bertz CT molecular complexity index is 1830. The fourth-order valence-electron chi connectivity index (χ4n) is 15.5. The molecule has 7 aliphatic carbocycles. The second-order valence-electron chi connectivity index (χ2n) is 23.1. The van der Waals surface area contributed by atoms with Crippen molar-refractivity contribution in [3.05, 3.63) is 46.5 Å². The van der Waals surface area contributed by atoms with E-state index in [1.54, 1.807) is 0 Å². The van der Waals surface area contributed by atoms with Crippen LogP contribution in [0.5, 0.6) is 0 Å². The van der Waals surface area contributed by atoms with Gasteiger partial charge in [0.25, 0.3) is 0 Å². The molecule has 6 heteroatoms. The van der Waals surface area contributed by atoms with Gasteiger partial charge in [-0.2, -0.15) is 0 Å². The number of aliphatic hydroxyl groups is 1. The Hall–Kier alpha value is -2.47. The van der Waals surface area contributed by atoms with Crippen molar-refractivity contribution >= 4 is 17.7 Å². The summed E-state index contributed by atoms with van der Waals surface area (Å²) in [5, 5.41) is 20.9. The van der Waals surface area contributed by atoms with Crippen LogP contribution in [0, 0.1) is 61.6 Å². The van der Waals surface area contributed by atoms with Gasteiger partial charge in [0.05, 0.1) is 11.5 Å². The van der Waals surface area contributed by atoms with Gasteiger partial charge in [0.2, 0.25) is 5.91 Å². The number of benzene rings is 1. The smallest absolute Gasteiger partial charge is 0.309 e. The molecule has 12 atom stereocenters. The summed E-state index contributed by atoms with van der Waals surface area (Å²) in [5.41, 5.74) is 10.1. The molecule has 0 heterocycles. The molecule has 1 aromatic rings. The molecule has 0 aromatic heterocycles. The predicted octanol–water partition coefficient (Wildman–Crippen LogP) is 10.7. The molecule has 56 heavy (non-hydrogen) atoms. The molecule has 0 saturated heterocycles. The van der Waals surface area contributed by atoms with Crippen LogP contribution in [0.2, 0.25) is 0 Å². The van der Waals surface area contributed by atoms with Crippen LogP contribution in [0.4, 0.5) is 0 Å². The minimum absolute atomic E-state index is 0.0296. The van der Waals surface area contributed by atoms with E-state index >= 15 is 0 Å². The lowest BCUT2D eigenvalue weighted by molar-refractivity contribution is -0.202. The third-order valence-corrected chi connectivity index (χ3v) is 19.7. The zero-order valence-electron chi connectivity index (χ0n) is 36.9. The topological polar surface area (TPSA) is 118 Å². The zero-order chi connectivity index (χ0) is 41.2. The lowest BCUT2D eigenvalue weighted by Gasteiger charge is -2.70. The number of allylic oxidation sites excluding steroid dienone is 2. The van der Waals surface area contributed by atoms with E-state index in [1.165, 1.54) is 28.7 Å². The predicted molar refractivity (Wildman–Crippen MR) is 224 cm³/mol. The molecule has 5 fully saturated rings. The van der Waals surface area contributed by atoms with Crippen molar-refractivity contribution in [2.24, 2.45) is 67.3 Å². The number of carboxylic acids is 1. The summed E-state index contributed by atoms with van der Waals surface area (Å²) in [6.07, 6.45) is 15.3. The van der Waals surface area contributed by atoms with Crippen LogP contribution in [0.3, 0.4) is 0 Å². The number of carboxylic acid groups (broad SMARTS) is 1. The summed E-state index contributed by atoms with van der Waals surface area (Å²) in [6, 6.07) is 7.02. The van der Waals surface area contributed by atoms with Gasteiger partial charge >= 0.3 is 5.97 Å². The highest BCUT2D eigenvalue weighted by Gasteiger charge is 2.70. The van der Waals surface area contributed by atoms with E-state index in [4.69, 9.17) is 5.73 Å². The molecule has 0 spiro atoms. The molecular formula is C50H75NO5. The van der Waals surface area contributed by atoms with Gasteiger partial charge in [-0.1, -0.05) is 99.4 Å². The van der Waals surface area contributed by atoms with Crippen LogP contribution in [0.1, 0.15) is 182 Å². The van der Waals surface area contributed by atoms with Crippen LogP contribution in [-0.4, -0.2) is 34.0 Å². The summed E-state index contributed by atoms with van der Waals surface area (Å²) in [5.74, 6) is 0.900. The Labute approximate surface area is 338 Å². The molecule has 1 amide bonds. The SMILES string of the molecule is CC(C)c1ccc2c(c1)CCC1C(C)(C(N)=O)CCCC21C.CC1(C(=O)O)CCC2(C)CCC3(C)C(=CC(=O)C4C5(C)CCC(O)C(C)(C)C5CCC43C)C2C1. The number of hydrogen-bond donors (Lipinski definition) is 3. The largest absolute Gasteiger partial charge is 0.481 e. The van der Waals surface area contributed by atoms with Crippen molar-refractivity contribution in [1.82, 2.24) is 0 Å². The van der Waals surface area contributed by atoms with Crippen LogP contribution in [0.25, 0.3) is 0 Å². The summed E-state index contributed by atoms with van der Waals surface area (Å²) in [7, 11) is 0. The number of nitrogens with two attached hydrogens (primary N) is 1. The van der Waals surface area contributed by atoms with Crippen molar-refractivity contribution in [3.63, 3.8) is 0 Å². The number of ketones is 1. The minimum atomic E-state index is -0.711. The Morgan fingerprint density at radius 1 is 0.821 bits per heavy atom. The van der Waals surface area contributed by atoms with Crippen molar-refractivity contribution in [3.8, 4) is 0 Å². The number of aryl methyl sites for hydroxylation is 1. The molecular weight excluding hydrogens is 695 g/mol. The second kappa shape index (κ2) is 13.3. The Morgan fingerprint density at radius 2 is 1.50 bits per heavy atom. The average Bonchev–Trinajstić information content (AvgIpc) is 3.11. The molecule has 5 saturated carbocycles. The number of carbonyl (C=O) groups is 3. The molecule has 12 unspecified atom stereocenters. The van der Waals surface area contributed by atoms with Crippen molar-refractivity contribution in [2.75, 3.05) is 0 Å². The number of aliphatic carboxylic acids is 1. The van der Waals surface area contributed by atoms with Gasteiger partial charge in [-0.05, 0) is 169 Å². The quantitative estimate of drug-likeness (QED) is 0.283. The van der Waals surface area contributed by atoms with E-state index in [1.807, 2.05) is 13.0 Å². The number of amides is 1. The normalized spacial score (nSPS) is 46.3. The number of rotatable bonds is 3. The second-order valence-corrected chi connectivity index (χ2v) is 23.1. The van der Waals surface area contributed by atoms with E-state index < -0.39 is 11.4 Å². The third kappa shape index (κ3) is 5.73. The Morgan fingerprint density at radius 3 is 2.14 bits per heavy atom. The summed E-state index contributed by atoms with van der Waals surface area (Å²) < 4.78 is 0. The summed E-state index contributed by atoms with van der Waals surface area (Å²) in [4.78, 5) is 38.6. The minimum Gasteiger partial charge on any atom is -0.481 e.